The van der Waals surface area contributed by atoms with Gasteiger partial charge in [-0.3, -0.25) is 4.79 Å². The highest BCUT2D eigenvalue weighted by Crippen LogP contribution is 2.29. The molecule has 0 aromatic heterocycles. The molecule has 0 saturated carbocycles. The van der Waals surface area contributed by atoms with E-state index in [0.717, 1.165) is 30.8 Å². The van der Waals surface area contributed by atoms with Crippen molar-refractivity contribution in [2.45, 2.75) is 19.4 Å². The molecule has 1 aliphatic heterocycles. The van der Waals surface area contributed by atoms with Gasteiger partial charge in [-0.25, -0.2) is 0 Å². The fraction of sp³-hybridized carbons (Fsp3) is 0.316. The van der Waals surface area contributed by atoms with E-state index in [1.54, 1.807) is 0 Å². The van der Waals surface area contributed by atoms with E-state index in [4.69, 9.17) is 4.74 Å². The summed E-state index contributed by atoms with van der Waals surface area (Å²) in [5.41, 5.74) is 1.83. The first-order chi connectivity index (χ1) is 11.2. The van der Waals surface area contributed by atoms with Gasteiger partial charge in [0, 0.05) is 6.54 Å². The molecular formula is C19H23ClN2O2. The first kappa shape index (κ1) is 18.3. The van der Waals surface area contributed by atoms with Crippen LogP contribution in [-0.4, -0.2) is 19.0 Å². The third kappa shape index (κ3) is 4.49. The summed E-state index contributed by atoms with van der Waals surface area (Å²) in [4.78, 5) is 12.3. The molecule has 2 aromatic rings. The van der Waals surface area contributed by atoms with Crippen LogP contribution in [0.15, 0.2) is 54.6 Å². The Morgan fingerprint density at radius 3 is 2.58 bits per heavy atom. The first-order valence-electron chi connectivity index (χ1n) is 8.06. The fourth-order valence-electron chi connectivity index (χ4n) is 2.77. The maximum absolute atomic E-state index is 12.3. The summed E-state index contributed by atoms with van der Waals surface area (Å²) in [7, 11) is 0. The molecule has 0 aliphatic carbocycles. The van der Waals surface area contributed by atoms with Crippen molar-refractivity contribution in [1.82, 2.24) is 5.32 Å². The summed E-state index contributed by atoms with van der Waals surface area (Å²) >= 11 is 0. The zero-order valence-corrected chi connectivity index (χ0v) is 14.5. The topological polar surface area (TPSA) is 50.4 Å². The van der Waals surface area contributed by atoms with Gasteiger partial charge in [0.1, 0.15) is 11.9 Å². The van der Waals surface area contributed by atoms with E-state index in [9.17, 15) is 4.79 Å². The number of carbonyl (C=O) groups is 1. The van der Waals surface area contributed by atoms with Gasteiger partial charge >= 0.3 is 0 Å². The molecule has 3 rings (SSSR count). The second-order valence-corrected chi connectivity index (χ2v) is 5.85. The third-order valence-electron chi connectivity index (χ3n) is 4.15. The van der Waals surface area contributed by atoms with Gasteiger partial charge in [0.05, 0.1) is 11.6 Å². The summed E-state index contributed by atoms with van der Waals surface area (Å²) in [6, 6.07) is 17.6. The number of nitrogens with one attached hydrogen (secondary N) is 2. The van der Waals surface area contributed by atoms with Gasteiger partial charge < -0.3 is 15.4 Å². The predicted molar refractivity (Wildman–Crippen MR) is 98.8 cm³/mol. The Morgan fingerprint density at radius 2 is 1.88 bits per heavy atom. The van der Waals surface area contributed by atoms with Crippen LogP contribution in [0.1, 0.15) is 25.0 Å². The lowest BCUT2D eigenvalue weighted by Crippen LogP contribution is -2.25. The number of anilines is 1. The number of para-hydroxylation sites is 2. The third-order valence-corrected chi connectivity index (χ3v) is 4.15. The summed E-state index contributed by atoms with van der Waals surface area (Å²) in [5, 5.41) is 6.22. The summed E-state index contributed by atoms with van der Waals surface area (Å²) in [6.07, 6.45) is 0.803. The SMILES string of the molecule is CC(Oc1ccccc1NC(=O)C1CCNC1)c1ccccc1.Cl. The van der Waals surface area contributed by atoms with Crippen LogP contribution in [0.5, 0.6) is 5.75 Å². The molecule has 24 heavy (non-hydrogen) atoms. The molecule has 1 heterocycles. The van der Waals surface area contributed by atoms with Crippen LogP contribution in [0.3, 0.4) is 0 Å². The van der Waals surface area contributed by atoms with Gasteiger partial charge in [0.15, 0.2) is 0 Å². The second kappa shape index (κ2) is 8.71. The number of hydrogen-bond acceptors (Lipinski definition) is 3. The number of benzene rings is 2. The van der Waals surface area contributed by atoms with Gasteiger partial charge in [-0.05, 0) is 37.6 Å². The van der Waals surface area contributed by atoms with Crippen molar-refractivity contribution in [2.75, 3.05) is 18.4 Å². The highest BCUT2D eigenvalue weighted by Gasteiger charge is 2.23. The quantitative estimate of drug-likeness (QED) is 0.865. The van der Waals surface area contributed by atoms with Crippen LogP contribution in [0.25, 0.3) is 0 Å². The van der Waals surface area contributed by atoms with E-state index < -0.39 is 0 Å². The Labute approximate surface area is 149 Å². The lowest BCUT2D eigenvalue weighted by molar-refractivity contribution is -0.119. The van der Waals surface area contributed by atoms with E-state index in [0.29, 0.717) is 5.75 Å². The Morgan fingerprint density at radius 1 is 1.17 bits per heavy atom. The van der Waals surface area contributed by atoms with Gasteiger partial charge in [-0.15, -0.1) is 12.4 Å². The van der Waals surface area contributed by atoms with Gasteiger partial charge in [-0.1, -0.05) is 42.5 Å². The summed E-state index contributed by atoms with van der Waals surface area (Å²) in [5.74, 6) is 0.788. The molecule has 2 N–H and O–H groups in total. The van der Waals surface area contributed by atoms with Crippen LogP contribution in [0.2, 0.25) is 0 Å². The number of carbonyl (C=O) groups excluding carboxylic acids is 1. The van der Waals surface area contributed by atoms with Crippen molar-refractivity contribution in [3.63, 3.8) is 0 Å². The number of halogens is 1. The normalized spacial score (nSPS) is 17.6. The average Bonchev–Trinajstić information content (AvgIpc) is 3.12. The molecule has 1 amide bonds. The number of rotatable bonds is 5. The number of hydrogen-bond donors (Lipinski definition) is 2. The predicted octanol–water partition coefficient (Wildman–Crippen LogP) is 3.80. The van der Waals surface area contributed by atoms with E-state index in [1.165, 1.54) is 0 Å². The number of ether oxygens (including phenoxy) is 1. The number of amides is 1. The first-order valence-corrected chi connectivity index (χ1v) is 8.06. The van der Waals surface area contributed by atoms with E-state index in [2.05, 4.69) is 10.6 Å². The molecule has 2 unspecified atom stereocenters. The minimum Gasteiger partial charge on any atom is -0.484 e. The van der Waals surface area contributed by atoms with Gasteiger partial charge in [-0.2, -0.15) is 0 Å². The monoisotopic (exact) mass is 346 g/mol. The van der Waals surface area contributed by atoms with Gasteiger partial charge in [0.25, 0.3) is 0 Å². The smallest absolute Gasteiger partial charge is 0.228 e. The Bertz CT molecular complexity index is 657. The van der Waals surface area contributed by atoms with Crippen LogP contribution in [0, 0.1) is 5.92 Å². The summed E-state index contributed by atoms with van der Waals surface area (Å²) < 4.78 is 6.06. The Balaban J connectivity index is 0.00000208. The molecule has 4 nitrogen and oxygen atoms in total. The molecule has 0 radical (unpaired) electrons. The van der Waals surface area contributed by atoms with Crippen molar-refractivity contribution >= 4 is 24.0 Å². The Hall–Kier alpha value is -2.04. The maximum Gasteiger partial charge on any atom is 0.228 e. The lowest BCUT2D eigenvalue weighted by atomic mass is 10.1. The highest BCUT2D eigenvalue weighted by molar-refractivity contribution is 5.94. The minimum absolute atomic E-state index is 0. The van der Waals surface area contributed by atoms with Crippen molar-refractivity contribution in [2.24, 2.45) is 5.92 Å². The lowest BCUT2D eigenvalue weighted by Gasteiger charge is -2.19. The molecule has 1 fully saturated rings. The molecule has 2 aromatic carbocycles. The Kier molecular flexibility index (Phi) is 6.64. The van der Waals surface area contributed by atoms with Crippen LogP contribution < -0.4 is 15.4 Å². The molecule has 5 heteroatoms. The summed E-state index contributed by atoms with van der Waals surface area (Å²) in [6.45, 7) is 3.66. The van der Waals surface area contributed by atoms with Crippen molar-refractivity contribution in [1.29, 1.82) is 0 Å². The van der Waals surface area contributed by atoms with E-state index in [1.807, 2.05) is 61.5 Å². The van der Waals surface area contributed by atoms with E-state index >= 15 is 0 Å². The molecule has 1 aliphatic rings. The van der Waals surface area contributed by atoms with Crippen LogP contribution in [0.4, 0.5) is 5.69 Å². The van der Waals surface area contributed by atoms with Crippen LogP contribution in [-0.2, 0) is 4.79 Å². The van der Waals surface area contributed by atoms with Crippen molar-refractivity contribution < 1.29 is 9.53 Å². The standard InChI is InChI=1S/C19H22N2O2.ClH/c1-14(15-7-3-2-4-8-15)23-18-10-6-5-9-17(18)21-19(22)16-11-12-20-13-16;/h2-10,14,16,20H,11-13H2,1H3,(H,21,22);1H. The maximum atomic E-state index is 12.3. The second-order valence-electron chi connectivity index (χ2n) is 5.85. The van der Waals surface area contributed by atoms with Crippen molar-refractivity contribution in [3.05, 3.63) is 60.2 Å². The molecule has 1 saturated heterocycles. The molecular weight excluding hydrogens is 324 g/mol. The zero-order chi connectivity index (χ0) is 16.1. The average molecular weight is 347 g/mol. The minimum atomic E-state index is -0.0811. The largest absolute Gasteiger partial charge is 0.484 e. The van der Waals surface area contributed by atoms with Crippen molar-refractivity contribution in [3.8, 4) is 5.75 Å². The highest BCUT2D eigenvalue weighted by atomic mass is 35.5. The van der Waals surface area contributed by atoms with Crippen LogP contribution >= 0.6 is 12.4 Å². The fourth-order valence-corrected chi connectivity index (χ4v) is 2.77. The molecule has 0 bridgehead atoms. The van der Waals surface area contributed by atoms with Gasteiger partial charge in [0.2, 0.25) is 5.91 Å². The zero-order valence-electron chi connectivity index (χ0n) is 13.7. The molecule has 128 valence electrons. The molecule has 0 spiro atoms. The molecule has 2 atom stereocenters. The van der Waals surface area contributed by atoms with E-state index in [-0.39, 0.29) is 30.3 Å².